The molecule has 0 atom stereocenters. The Labute approximate surface area is 188 Å². The Morgan fingerprint density at radius 1 is 0.903 bits per heavy atom. The summed E-state index contributed by atoms with van der Waals surface area (Å²) in [4.78, 5) is 21.9. The molecule has 1 amide bonds. The fourth-order valence-electron chi connectivity index (χ4n) is 2.97. The van der Waals surface area contributed by atoms with Crippen LogP contribution in [-0.2, 0) is 0 Å². The van der Waals surface area contributed by atoms with E-state index in [9.17, 15) is 4.79 Å². The summed E-state index contributed by atoms with van der Waals surface area (Å²) in [5.41, 5.74) is 9.82. The summed E-state index contributed by atoms with van der Waals surface area (Å²) < 4.78 is 0.953. The minimum absolute atomic E-state index is 0.173. The zero-order valence-corrected chi connectivity index (χ0v) is 18.3. The summed E-state index contributed by atoms with van der Waals surface area (Å²) in [6, 6.07) is 24.5. The fourth-order valence-corrected chi connectivity index (χ4v) is 3.23. The van der Waals surface area contributed by atoms with E-state index in [1.54, 1.807) is 12.1 Å². The second-order valence-electron chi connectivity index (χ2n) is 6.97. The van der Waals surface area contributed by atoms with Gasteiger partial charge in [0.1, 0.15) is 5.69 Å². The lowest BCUT2D eigenvalue weighted by Gasteiger charge is -2.16. The molecule has 0 aliphatic rings. The number of hydrogen-bond acceptors (Lipinski definition) is 5. The van der Waals surface area contributed by atoms with Gasteiger partial charge in [-0.25, -0.2) is 9.97 Å². The highest BCUT2D eigenvalue weighted by Crippen LogP contribution is 2.32. The number of carbonyl (C=O) groups excluding carboxylic acids is 1. The zero-order chi connectivity index (χ0) is 21.8. The van der Waals surface area contributed by atoms with Crippen LogP contribution in [-0.4, -0.2) is 15.9 Å². The van der Waals surface area contributed by atoms with Gasteiger partial charge in [0.15, 0.2) is 17.5 Å². The number of rotatable bonds is 5. The maximum Gasteiger partial charge on any atom is 0.255 e. The number of anilines is 4. The Morgan fingerprint density at radius 2 is 1.58 bits per heavy atom. The summed E-state index contributed by atoms with van der Waals surface area (Å²) in [6.07, 6.45) is 0. The molecule has 0 radical (unpaired) electrons. The first-order valence-corrected chi connectivity index (χ1v) is 10.4. The van der Waals surface area contributed by atoms with E-state index < -0.39 is 0 Å². The molecule has 0 saturated carbocycles. The number of aryl methyl sites for hydroxylation is 1. The molecule has 0 saturated heterocycles. The highest BCUT2D eigenvalue weighted by Gasteiger charge is 2.17. The minimum Gasteiger partial charge on any atom is -0.382 e. The van der Waals surface area contributed by atoms with Crippen LogP contribution in [0.1, 0.15) is 15.9 Å². The molecule has 0 aliphatic heterocycles. The van der Waals surface area contributed by atoms with Crippen LogP contribution < -0.4 is 16.4 Å². The average molecular weight is 474 g/mol. The quantitative estimate of drug-likeness (QED) is 0.340. The van der Waals surface area contributed by atoms with Gasteiger partial charge in [-0.2, -0.15) is 0 Å². The molecule has 0 fully saturated rings. The fraction of sp³-hybridized carbons (Fsp3) is 0.0417. The Kier molecular flexibility index (Phi) is 5.95. The molecule has 4 rings (SSSR count). The Balaban J connectivity index is 1.74. The first-order valence-electron chi connectivity index (χ1n) is 9.63. The first-order chi connectivity index (χ1) is 15.0. The molecule has 0 aliphatic carbocycles. The molecule has 1 aromatic heterocycles. The van der Waals surface area contributed by atoms with Crippen LogP contribution in [0.15, 0.2) is 83.3 Å². The van der Waals surface area contributed by atoms with E-state index in [-0.39, 0.29) is 11.7 Å². The van der Waals surface area contributed by atoms with Gasteiger partial charge >= 0.3 is 0 Å². The van der Waals surface area contributed by atoms with Gasteiger partial charge in [0.05, 0.1) is 0 Å². The van der Waals surface area contributed by atoms with Gasteiger partial charge in [0.2, 0.25) is 0 Å². The Hall–Kier alpha value is -3.71. The Bertz CT molecular complexity index is 1210. The third kappa shape index (κ3) is 4.90. The van der Waals surface area contributed by atoms with Crippen molar-refractivity contribution in [3.05, 3.63) is 94.5 Å². The highest BCUT2D eigenvalue weighted by molar-refractivity contribution is 9.10. The number of benzene rings is 3. The van der Waals surface area contributed by atoms with Crippen LogP contribution in [0.3, 0.4) is 0 Å². The van der Waals surface area contributed by atoms with Gasteiger partial charge in [-0.3, -0.25) is 4.79 Å². The second-order valence-corrected chi connectivity index (χ2v) is 7.89. The van der Waals surface area contributed by atoms with Gasteiger partial charge < -0.3 is 16.4 Å². The van der Waals surface area contributed by atoms with Crippen LogP contribution in [0.2, 0.25) is 0 Å². The number of aromatic nitrogens is 2. The lowest BCUT2D eigenvalue weighted by Crippen LogP contribution is -2.16. The number of hydrogen-bond donors (Lipinski definition) is 3. The molecular formula is C24H20BrN5O. The number of para-hydroxylation sites is 1. The van der Waals surface area contributed by atoms with Crippen LogP contribution in [0, 0.1) is 6.92 Å². The van der Waals surface area contributed by atoms with Gasteiger partial charge in [0, 0.05) is 21.3 Å². The molecule has 4 N–H and O–H groups in total. The van der Waals surface area contributed by atoms with E-state index in [4.69, 9.17) is 5.73 Å². The second kappa shape index (κ2) is 8.97. The van der Waals surface area contributed by atoms with Crippen molar-refractivity contribution >= 4 is 44.8 Å². The number of carbonyl (C=O) groups is 1. The van der Waals surface area contributed by atoms with E-state index in [2.05, 4.69) is 36.5 Å². The van der Waals surface area contributed by atoms with E-state index in [1.165, 1.54) is 0 Å². The highest BCUT2D eigenvalue weighted by atomic mass is 79.9. The molecule has 0 bridgehead atoms. The SMILES string of the molecule is Cc1ccc(C(=O)Nc2c(N)nc(-c3ccc(Br)cc3)nc2Nc2ccccc2)cc1. The van der Waals surface area contributed by atoms with Crippen LogP contribution >= 0.6 is 15.9 Å². The number of nitrogen functional groups attached to an aromatic ring is 1. The predicted molar refractivity (Wildman–Crippen MR) is 128 cm³/mol. The standard InChI is InChI=1S/C24H20BrN5O/c1-15-7-9-17(10-8-15)24(31)28-20-21(26)29-22(16-11-13-18(25)14-12-16)30-23(20)27-19-5-3-2-4-6-19/h2-14H,1H3,(H,28,31)(H3,26,27,29,30). The van der Waals surface area contributed by atoms with Crippen molar-refractivity contribution < 1.29 is 4.79 Å². The van der Waals surface area contributed by atoms with Gasteiger partial charge in [-0.05, 0) is 43.3 Å². The van der Waals surface area contributed by atoms with Crippen LogP contribution in [0.25, 0.3) is 11.4 Å². The maximum absolute atomic E-state index is 12.8. The third-order valence-corrected chi connectivity index (χ3v) is 5.16. The molecule has 0 spiro atoms. The van der Waals surface area contributed by atoms with Gasteiger partial charge in [-0.1, -0.05) is 64.0 Å². The van der Waals surface area contributed by atoms with Crippen molar-refractivity contribution in [3.63, 3.8) is 0 Å². The summed E-state index contributed by atoms with van der Waals surface area (Å²) in [6.45, 7) is 1.97. The van der Waals surface area contributed by atoms with E-state index in [1.807, 2.05) is 73.7 Å². The maximum atomic E-state index is 12.8. The number of amides is 1. The first kappa shape index (κ1) is 20.6. The summed E-state index contributed by atoms with van der Waals surface area (Å²) >= 11 is 3.43. The largest absolute Gasteiger partial charge is 0.382 e. The number of halogens is 1. The van der Waals surface area contributed by atoms with Crippen molar-refractivity contribution in [2.45, 2.75) is 6.92 Å². The van der Waals surface area contributed by atoms with E-state index in [0.717, 1.165) is 21.3 Å². The van der Waals surface area contributed by atoms with Crippen molar-refractivity contribution in [1.82, 2.24) is 9.97 Å². The molecule has 31 heavy (non-hydrogen) atoms. The number of nitrogens with zero attached hydrogens (tertiary/aromatic N) is 2. The zero-order valence-electron chi connectivity index (χ0n) is 16.8. The molecule has 1 heterocycles. The topological polar surface area (TPSA) is 92.9 Å². The lowest BCUT2D eigenvalue weighted by molar-refractivity contribution is 0.102. The van der Waals surface area contributed by atoms with Crippen LogP contribution in [0.4, 0.5) is 23.0 Å². The predicted octanol–water partition coefficient (Wildman–Crippen LogP) is 5.79. The van der Waals surface area contributed by atoms with E-state index in [0.29, 0.717) is 22.9 Å². The molecule has 7 heteroatoms. The average Bonchev–Trinajstić information content (AvgIpc) is 2.77. The van der Waals surface area contributed by atoms with Gasteiger partial charge in [0.25, 0.3) is 5.91 Å². The summed E-state index contributed by atoms with van der Waals surface area (Å²) in [7, 11) is 0. The Morgan fingerprint density at radius 3 is 2.26 bits per heavy atom. The molecule has 6 nitrogen and oxygen atoms in total. The molecular weight excluding hydrogens is 454 g/mol. The number of nitrogens with two attached hydrogens (primary N) is 1. The van der Waals surface area contributed by atoms with Crippen molar-refractivity contribution in [2.24, 2.45) is 0 Å². The molecule has 4 aromatic rings. The monoisotopic (exact) mass is 473 g/mol. The van der Waals surface area contributed by atoms with Crippen LogP contribution in [0.5, 0.6) is 0 Å². The molecule has 154 valence electrons. The third-order valence-electron chi connectivity index (χ3n) is 4.63. The molecule has 0 unspecified atom stereocenters. The molecule has 3 aromatic carbocycles. The normalized spacial score (nSPS) is 10.5. The van der Waals surface area contributed by atoms with Crippen molar-refractivity contribution in [2.75, 3.05) is 16.4 Å². The summed E-state index contributed by atoms with van der Waals surface area (Å²) in [5.74, 6) is 0.753. The van der Waals surface area contributed by atoms with E-state index >= 15 is 0 Å². The van der Waals surface area contributed by atoms with Gasteiger partial charge in [-0.15, -0.1) is 0 Å². The lowest BCUT2D eigenvalue weighted by atomic mass is 10.1. The smallest absolute Gasteiger partial charge is 0.255 e. The van der Waals surface area contributed by atoms with Crippen molar-refractivity contribution in [3.8, 4) is 11.4 Å². The van der Waals surface area contributed by atoms with Crippen molar-refractivity contribution in [1.29, 1.82) is 0 Å². The minimum atomic E-state index is -0.289. The summed E-state index contributed by atoms with van der Waals surface area (Å²) in [5, 5.41) is 6.11. The number of nitrogens with one attached hydrogen (secondary N) is 2.